The van der Waals surface area contributed by atoms with Gasteiger partial charge >= 0.3 is 12.1 Å². The van der Waals surface area contributed by atoms with E-state index in [0.717, 1.165) is 10.5 Å². The molecule has 0 saturated carbocycles. The number of rotatable bonds is 12. The van der Waals surface area contributed by atoms with Crippen molar-refractivity contribution in [2.45, 2.75) is 77.5 Å². The third kappa shape index (κ3) is 11.0. The molecule has 14 nitrogen and oxygen atoms in total. The summed E-state index contributed by atoms with van der Waals surface area (Å²) >= 11 is 0. The molecule has 2 unspecified atom stereocenters. The Morgan fingerprint density at radius 3 is 2.06 bits per heavy atom. The Labute approximate surface area is 285 Å². The van der Waals surface area contributed by atoms with Crippen molar-refractivity contribution < 1.29 is 42.3 Å². The van der Waals surface area contributed by atoms with Crippen LogP contribution in [-0.2, 0) is 30.3 Å². The van der Waals surface area contributed by atoms with Gasteiger partial charge in [-0.1, -0.05) is 44.2 Å². The van der Waals surface area contributed by atoms with E-state index in [4.69, 9.17) is 4.74 Å². The third-order valence-corrected chi connectivity index (χ3v) is 8.35. The second-order valence-corrected chi connectivity index (χ2v) is 14.0. The first-order valence-electron chi connectivity index (χ1n) is 16.3. The van der Waals surface area contributed by atoms with Crippen molar-refractivity contribution in [1.82, 2.24) is 36.4 Å². The molecule has 5 N–H and O–H groups in total. The molecule has 0 aromatic heterocycles. The highest BCUT2D eigenvalue weighted by atomic mass is 19.3. The van der Waals surface area contributed by atoms with E-state index in [-0.39, 0.29) is 44.8 Å². The molecule has 2 atom stereocenters. The number of carbonyl (C=O) groups is 6. The van der Waals surface area contributed by atoms with E-state index in [9.17, 15) is 28.8 Å². The fourth-order valence-electron chi connectivity index (χ4n) is 5.75. The van der Waals surface area contributed by atoms with Crippen LogP contribution in [0.25, 0.3) is 0 Å². The molecule has 0 bridgehead atoms. The number of halogens is 2. The molecule has 16 heteroatoms. The summed E-state index contributed by atoms with van der Waals surface area (Å²) in [5.74, 6) is -6.00. The first-order valence-corrected chi connectivity index (χ1v) is 16.3. The summed E-state index contributed by atoms with van der Waals surface area (Å²) in [7, 11) is 1.42. The fraction of sp³-hybridized carbons (Fsp3) is 0.636. The molecular weight excluding hydrogens is 644 g/mol. The van der Waals surface area contributed by atoms with Crippen LogP contribution in [-0.4, -0.2) is 115 Å². The van der Waals surface area contributed by atoms with E-state index in [1.54, 1.807) is 45.0 Å². The number of alkyl carbamates (subject to hydrolysis) is 1. The Balaban J connectivity index is 1.53. The zero-order valence-electron chi connectivity index (χ0n) is 29.0. The quantitative estimate of drug-likeness (QED) is 0.220. The normalized spacial score (nSPS) is 17.7. The highest BCUT2D eigenvalue weighted by molar-refractivity contribution is 5.93. The largest absolute Gasteiger partial charge is 0.444 e. The summed E-state index contributed by atoms with van der Waals surface area (Å²) in [6.45, 7) is 6.64. The lowest BCUT2D eigenvalue weighted by atomic mass is 9.69. The van der Waals surface area contributed by atoms with Crippen molar-refractivity contribution in [2.24, 2.45) is 11.3 Å². The van der Waals surface area contributed by atoms with Gasteiger partial charge in [-0.05, 0) is 45.1 Å². The molecule has 2 aliphatic heterocycles. The molecule has 2 fully saturated rings. The number of amides is 7. The maximum Gasteiger partial charge on any atom is 0.408 e. The van der Waals surface area contributed by atoms with Crippen LogP contribution in [0, 0.1) is 11.3 Å². The van der Waals surface area contributed by atoms with Crippen molar-refractivity contribution in [3.8, 4) is 0 Å². The molecule has 1 aromatic carbocycles. The minimum absolute atomic E-state index is 0.00440. The lowest BCUT2D eigenvalue weighted by Crippen LogP contribution is -2.72. The van der Waals surface area contributed by atoms with Crippen LogP contribution in [0.15, 0.2) is 30.3 Å². The van der Waals surface area contributed by atoms with E-state index < -0.39 is 84.4 Å². The van der Waals surface area contributed by atoms with Gasteiger partial charge < -0.3 is 41.1 Å². The van der Waals surface area contributed by atoms with Gasteiger partial charge in [0.15, 0.2) is 0 Å². The van der Waals surface area contributed by atoms with Crippen LogP contribution in [0.1, 0.15) is 53.0 Å². The summed E-state index contributed by atoms with van der Waals surface area (Å²) in [5, 5.41) is 12.5. The number of nitrogens with zero attached hydrogens (tertiary/aromatic N) is 2. The number of benzene rings is 1. The van der Waals surface area contributed by atoms with Crippen LogP contribution in [0.2, 0.25) is 0 Å². The molecule has 49 heavy (non-hydrogen) atoms. The van der Waals surface area contributed by atoms with Crippen LogP contribution in [0.5, 0.6) is 0 Å². The van der Waals surface area contributed by atoms with E-state index >= 15 is 8.78 Å². The summed E-state index contributed by atoms with van der Waals surface area (Å²) < 4.78 is 35.6. The standard InChI is InChI=1S/C33H49F2N7O7/c1-21(2)14-23(27(45)38-17-26(44)41-13-12-32(33(34,35)20-41)18-42(19-32)29(47)36-6)39-25(43)16-37-28(46)24(15-22-10-8-7-9-11-22)40-30(48)49-31(3,4)5/h7-11,21,23-24H,12-20H2,1-6H3,(H,36,47)(H,37,46)(H,38,45)(H,39,43)(H,40,48). The molecule has 1 aromatic rings. The number of carbonyl (C=O) groups excluding carboxylic acids is 6. The SMILES string of the molecule is CNC(=O)N1CC2(CCN(C(=O)CNC(=O)C(CC(C)C)NC(=O)CNC(=O)C(Cc3ccccc3)NC(=O)OC(C)(C)C)CC2(F)F)C1. The van der Waals surface area contributed by atoms with Gasteiger partial charge in [0.1, 0.15) is 17.7 Å². The smallest absolute Gasteiger partial charge is 0.408 e. The summed E-state index contributed by atoms with van der Waals surface area (Å²) in [5.41, 5.74) is -1.44. The van der Waals surface area contributed by atoms with Gasteiger partial charge in [-0.3, -0.25) is 19.2 Å². The lowest BCUT2D eigenvalue weighted by Gasteiger charge is -2.57. The molecule has 272 valence electrons. The zero-order chi connectivity index (χ0) is 36.6. The van der Waals surface area contributed by atoms with Gasteiger partial charge in [-0.15, -0.1) is 0 Å². The molecular formula is C33H49F2N7O7. The Morgan fingerprint density at radius 2 is 1.49 bits per heavy atom. The van der Waals surface area contributed by atoms with Crippen molar-refractivity contribution in [1.29, 1.82) is 0 Å². The fourth-order valence-corrected chi connectivity index (χ4v) is 5.75. The second-order valence-electron chi connectivity index (χ2n) is 14.0. The average Bonchev–Trinajstić information content (AvgIpc) is 2.99. The number of alkyl halides is 2. The number of hydrogen-bond acceptors (Lipinski definition) is 7. The number of nitrogens with one attached hydrogen (secondary N) is 5. The van der Waals surface area contributed by atoms with Gasteiger partial charge in [0.25, 0.3) is 5.92 Å². The predicted octanol–water partition coefficient (Wildman–Crippen LogP) is 1.39. The lowest BCUT2D eigenvalue weighted by molar-refractivity contribution is -0.214. The molecule has 2 saturated heterocycles. The van der Waals surface area contributed by atoms with Crippen molar-refractivity contribution in [3.05, 3.63) is 35.9 Å². The van der Waals surface area contributed by atoms with E-state index in [1.165, 1.54) is 11.9 Å². The Bertz CT molecular complexity index is 1360. The van der Waals surface area contributed by atoms with Crippen molar-refractivity contribution in [2.75, 3.05) is 46.3 Å². The van der Waals surface area contributed by atoms with Gasteiger partial charge in [0.05, 0.1) is 25.0 Å². The molecule has 0 radical (unpaired) electrons. The molecule has 3 rings (SSSR count). The van der Waals surface area contributed by atoms with E-state index in [2.05, 4.69) is 26.6 Å². The number of piperidine rings is 1. The topological polar surface area (TPSA) is 178 Å². The molecule has 1 spiro atoms. The maximum atomic E-state index is 15.1. The van der Waals surface area contributed by atoms with Crippen molar-refractivity contribution >= 4 is 35.8 Å². The Morgan fingerprint density at radius 1 is 0.878 bits per heavy atom. The molecule has 7 amide bonds. The first kappa shape index (κ1) is 38.9. The summed E-state index contributed by atoms with van der Waals surface area (Å²) in [6, 6.07) is 6.37. The Kier molecular flexibility index (Phi) is 12.9. The second kappa shape index (κ2) is 16.3. The van der Waals surface area contributed by atoms with Gasteiger partial charge in [-0.25, -0.2) is 18.4 Å². The number of hydrogen-bond donors (Lipinski definition) is 5. The molecule has 2 heterocycles. The zero-order valence-corrected chi connectivity index (χ0v) is 29.0. The highest BCUT2D eigenvalue weighted by Crippen LogP contribution is 2.50. The summed E-state index contributed by atoms with van der Waals surface area (Å²) in [6.07, 6.45) is -0.481. The Hall–Kier alpha value is -4.50. The number of ether oxygens (including phenoxy) is 1. The summed E-state index contributed by atoms with van der Waals surface area (Å²) in [4.78, 5) is 78.4. The number of urea groups is 1. The monoisotopic (exact) mass is 693 g/mol. The predicted molar refractivity (Wildman–Crippen MR) is 175 cm³/mol. The third-order valence-electron chi connectivity index (χ3n) is 8.35. The molecule has 2 aliphatic rings. The number of likely N-dealkylation sites (tertiary alicyclic amines) is 2. The minimum Gasteiger partial charge on any atom is -0.444 e. The van der Waals surface area contributed by atoms with Gasteiger partial charge in [-0.2, -0.15) is 0 Å². The van der Waals surface area contributed by atoms with E-state index in [1.807, 2.05) is 19.9 Å². The minimum atomic E-state index is -3.23. The van der Waals surface area contributed by atoms with Gasteiger partial charge in [0.2, 0.25) is 23.6 Å². The van der Waals surface area contributed by atoms with E-state index in [0.29, 0.717) is 0 Å². The van der Waals surface area contributed by atoms with Crippen LogP contribution in [0.3, 0.4) is 0 Å². The average molecular weight is 694 g/mol. The van der Waals surface area contributed by atoms with Gasteiger partial charge in [0, 0.05) is 33.1 Å². The maximum absolute atomic E-state index is 15.1. The van der Waals surface area contributed by atoms with Crippen molar-refractivity contribution in [3.63, 3.8) is 0 Å². The van der Waals surface area contributed by atoms with Crippen LogP contribution >= 0.6 is 0 Å². The highest BCUT2D eigenvalue weighted by Gasteiger charge is 2.63. The molecule has 0 aliphatic carbocycles. The van der Waals surface area contributed by atoms with Crippen LogP contribution in [0.4, 0.5) is 18.4 Å². The van der Waals surface area contributed by atoms with Crippen LogP contribution < -0.4 is 26.6 Å². The first-order chi connectivity index (χ1) is 22.8.